The molecule has 0 unspecified atom stereocenters. The lowest BCUT2D eigenvalue weighted by Crippen LogP contribution is -2.38. The van der Waals surface area contributed by atoms with Crippen molar-refractivity contribution in [2.45, 2.75) is 25.8 Å². The van der Waals surface area contributed by atoms with Crippen LogP contribution in [0.5, 0.6) is 5.75 Å². The zero-order valence-corrected chi connectivity index (χ0v) is 16.1. The second-order valence-corrected chi connectivity index (χ2v) is 8.66. The number of hydrogen-bond acceptors (Lipinski definition) is 4. The van der Waals surface area contributed by atoms with E-state index in [2.05, 4.69) is 5.32 Å². The summed E-state index contributed by atoms with van der Waals surface area (Å²) in [6.07, 6.45) is 1.50. The summed E-state index contributed by atoms with van der Waals surface area (Å²) in [4.78, 5) is 12.5. The molecule has 0 aromatic heterocycles. The van der Waals surface area contributed by atoms with Crippen LogP contribution in [0.4, 0.5) is 5.69 Å². The van der Waals surface area contributed by atoms with E-state index in [0.29, 0.717) is 30.8 Å². The Morgan fingerprint density at radius 3 is 2.67 bits per heavy atom. The molecule has 1 heterocycles. The van der Waals surface area contributed by atoms with Crippen molar-refractivity contribution in [1.82, 2.24) is 5.32 Å². The summed E-state index contributed by atoms with van der Waals surface area (Å²) < 4.78 is 31.6. The van der Waals surface area contributed by atoms with Crippen LogP contribution in [-0.4, -0.2) is 39.3 Å². The Kier molecular flexibility index (Phi) is 6.01. The standard InChI is InChI=1S/C20H24N2O4S/c1-16(15-26-19-10-3-2-4-11-19)21-20(23)17-8-7-9-18(14-17)22-12-5-6-13-27(22,24)25/h2-4,7-11,14,16H,5-6,12-13,15H2,1H3,(H,21,23)/t16-/m0/s1. The van der Waals surface area contributed by atoms with E-state index in [0.717, 1.165) is 12.2 Å². The summed E-state index contributed by atoms with van der Waals surface area (Å²) in [6.45, 7) is 2.66. The van der Waals surface area contributed by atoms with Crippen LogP contribution in [0.1, 0.15) is 30.1 Å². The fraction of sp³-hybridized carbons (Fsp3) is 0.350. The number of nitrogens with zero attached hydrogens (tertiary/aromatic N) is 1. The predicted molar refractivity (Wildman–Crippen MR) is 106 cm³/mol. The van der Waals surface area contributed by atoms with Crippen molar-refractivity contribution in [3.05, 3.63) is 60.2 Å². The fourth-order valence-electron chi connectivity index (χ4n) is 2.97. The maximum atomic E-state index is 12.5. The maximum absolute atomic E-state index is 12.5. The molecule has 2 aromatic rings. The zero-order valence-electron chi connectivity index (χ0n) is 15.3. The van der Waals surface area contributed by atoms with E-state index >= 15 is 0 Å². The molecule has 0 bridgehead atoms. The molecule has 1 amide bonds. The Morgan fingerprint density at radius 1 is 1.15 bits per heavy atom. The molecule has 7 heteroatoms. The first kappa shape index (κ1) is 19.2. The van der Waals surface area contributed by atoms with Crippen molar-refractivity contribution in [1.29, 1.82) is 0 Å². The maximum Gasteiger partial charge on any atom is 0.251 e. The van der Waals surface area contributed by atoms with Crippen molar-refractivity contribution in [2.75, 3.05) is 23.2 Å². The van der Waals surface area contributed by atoms with E-state index in [1.807, 2.05) is 37.3 Å². The molecule has 1 N–H and O–H groups in total. The van der Waals surface area contributed by atoms with Gasteiger partial charge in [0.25, 0.3) is 5.91 Å². The Bertz CT molecular complexity index is 884. The van der Waals surface area contributed by atoms with Gasteiger partial charge in [-0.2, -0.15) is 0 Å². The second kappa shape index (κ2) is 8.43. The van der Waals surface area contributed by atoms with Crippen molar-refractivity contribution < 1.29 is 17.9 Å². The van der Waals surface area contributed by atoms with Crippen LogP contribution in [0.3, 0.4) is 0 Å². The third kappa shape index (κ3) is 5.01. The van der Waals surface area contributed by atoms with Gasteiger partial charge in [-0.05, 0) is 50.1 Å². The van der Waals surface area contributed by atoms with Crippen LogP contribution in [0.2, 0.25) is 0 Å². The minimum absolute atomic E-state index is 0.150. The molecule has 2 aromatic carbocycles. The van der Waals surface area contributed by atoms with Gasteiger partial charge in [-0.1, -0.05) is 24.3 Å². The molecule has 0 spiro atoms. The highest BCUT2D eigenvalue weighted by molar-refractivity contribution is 7.92. The number of carbonyl (C=O) groups is 1. The third-order valence-electron chi connectivity index (χ3n) is 4.37. The van der Waals surface area contributed by atoms with Gasteiger partial charge >= 0.3 is 0 Å². The third-order valence-corrected chi connectivity index (χ3v) is 6.24. The first-order valence-electron chi connectivity index (χ1n) is 9.05. The number of benzene rings is 2. The second-order valence-electron chi connectivity index (χ2n) is 6.64. The number of anilines is 1. The number of carbonyl (C=O) groups excluding carboxylic acids is 1. The van der Waals surface area contributed by atoms with Gasteiger partial charge < -0.3 is 10.1 Å². The van der Waals surface area contributed by atoms with Crippen LogP contribution in [-0.2, 0) is 10.0 Å². The van der Waals surface area contributed by atoms with Gasteiger partial charge in [-0.15, -0.1) is 0 Å². The molecular weight excluding hydrogens is 364 g/mol. The van der Waals surface area contributed by atoms with E-state index in [-0.39, 0.29) is 17.7 Å². The first-order chi connectivity index (χ1) is 13.0. The first-order valence-corrected chi connectivity index (χ1v) is 10.7. The van der Waals surface area contributed by atoms with Crippen molar-refractivity contribution in [3.8, 4) is 5.75 Å². The Balaban J connectivity index is 1.63. The van der Waals surface area contributed by atoms with Crippen LogP contribution in [0, 0.1) is 0 Å². The summed E-state index contributed by atoms with van der Waals surface area (Å²) >= 11 is 0. The fourth-order valence-corrected chi connectivity index (χ4v) is 4.60. The quantitative estimate of drug-likeness (QED) is 0.826. The van der Waals surface area contributed by atoms with Gasteiger partial charge in [0, 0.05) is 12.1 Å². The zero-order chi connectivity index (χ0) is 19.3. The average Bonchev–Trinajstić information content (AvgIpc) is 2.67. The number of hydrogen-bond donors (Lipinski definition) is 1. The summed E-state index contributed by atoms with van der Waals surface area (Å²) in [6, 6.07) is 15.9. The lowest BCUT2D eigenvalue weighted by atomic mass is 10.1. The summed E-state index contributed by atoms with van der Waals surface area (Å²) in [5.41, 5.74) is 0.968. The summed E-state index contributed by atoms with van der Waals surface area (Å²) in [5.74, 6) is 0.642. The topological polar surface area (TPSA) is 75.7 Å². The number of para-hydroxylation sites is 1. The van der Waals surface area contributed by atoms with Gasteiger partial charge in [0.1, 0.15) is 12.4 Å². The van der Waals surface area contributed by atoms with E-state index < -0.39 is 10.0 Å². The highest BCUT2D eigenvalue weighted by atomic mass is 32.2. The van der Waals surface area contributed by atoms with E-state index in [4.69, 9.17) is 4.74 Å². The van der Waals surface area contributed by atoms with E-state index in [1.54, 1.807) is 24.3 Å². The molecule has 1 fully saturated rings. The smallest absolute Gasteiger partial charge is 0.251 e. The molecule has 144 valence electrons. The van der Waals surface area contributed by atoms with Gasteiger partial charge in [-0.3, -0.25) is 9.10 Å². The average molecular weight is 388 g/mol. The Hall–Kier alpha value is -2.54. The van der Waals surface area contributed by atoms with Crippen molar-refractivity contribution in [3.63, 3.8) is 0 Å². The monoisotopic (exact) mass is 388 g/mol. The lowest BCUT2D eigenvalue weighted by Gasteiger charge is -2.28. The molecule has 1 aliphatic rings. The highest BCUT2D eigenvalue weighted by Gasteiger charge is 2.26. The lowest BCUT2D eigenvalue weighted by molar-refractivity contribution is 0.0926. The minimum atomic E-state index is -3.30. The van der Waals surface area contributed by atoms with Gasteiger partial charge in [-0.25, -0.2) is 8.42 Å². The van der Waals surface area contributed by atoms with Crippen molar-refractivity contribution in [2.24, 2.45) is 0 Å². The van der Waals surface area contributed by atoms with Crippen LogP contribution < -0.4 is 14.4 Å². The molecule has 0 radical (unpaired) electrons. The molecule has 6 nitrogen and oxygen atoms in total. The molecule has 1 atom stereocenters. The number of nitrogens with one attached hydrogen (secondary N) is 1. The number of amides is 1. The predicted octanol–water partition coefficient (Wildman–Crippen LogP) is 2.81. The largest absolute Gasteiger partial charge is 0.491 e. The molecule has 0 aliphatic carbocycles. The molecule has 0 saturated carbocycles. The Labute approximate surface area is 160 Å². The molecule has 1 aliphatic heterocycles. The number of rotatable bonds is 6. The van der Waals surface area contributed by atoms with Gasteiger partial charge in [0.2, 0.25) is 10.0 Å². The molecular formula is C20H24N2O4S. The molecule has 27 heavy (non-hydrogen) atoms. The van der Waals surface area contributed by atoms with Crippen LogP contribution in [0.25, 0.3) is 0 Å². The van der Waals surface area contributed by atoms with E-state index in [9.17, 15) is 13.2 Å². The normalized spacial score (nSPS) is 17.1. The number of sulfonamides is 1. The van der Waals surface area contributed by atoms with Gasteiger partial charge in [0.15, 0.2) is 0 Å². The van der Waals surface area contributed by atoms with Gasteiger partial charge in [0.05, 0.1) is 17.5 Å². The van der Waals surface area contributed by atoms with Crippen molar-refractivity contribution >= 4 is 21.6 Å². The molecule has 1 saturated heterocycles. The SMILES string of the molecule is C[C@@H](COc1ccccc1)NC(=O)c1cccc(N2CCCCS2(=O)=O)c1. The number of ether oxygens (including phenoxy) is 1. The van der Waals surface area contributed by atoms with E-state index in [1.165, 1.54) is 4.31 Å². The Morgan fingerprint density at radius 2 is 1.93 bits per heavy atom. The molecule has 3 rings (SSSR count). The van der Waals surface area contributed by atoms with Crippen LogP contribution >= 0.6 is 0 Å². The highest BCUT2D eigenvalue weighted by Crippen LogP contribution is 2.24. The minimum Gasteiger partial charge on any atom is -0.491 e. The summed E-state index contributed by atoms with van der Waals surface area (Å²) in [7, 11) is -3.30. The summed E-state index contributed by atoms with van der Waals surface area (Å²) in [5, 5.41) is 2.89. The van der Waals surface area contributed by atoms with Crippen LogP contribution in [0.15, 0.2) is 54.6 Å².